The van der Waals surface area contributed by atoms with Gasteiger partial charge in [0.25, 0.3) is 5.56 Å². The molecular formula is C19H21N3O2S. The number of nitrogens with two attached hydrogens (primary N) is 1. The molecule has 0 radical (unpaired) electrons. The van der Waals surface area contributed by atoms with Gasteiger partial charge in [-0.2, -0.15) is 0 Å². The minimum absolute atomic E-state index is 0.0312. The van der Waals surface area contributed by atoms with Gasteiger partial charge < -0.3 is 5.73 Å². The van der Waals surface area contributed by atoms with Crippen molar-refractivity contribution in [2.24, 2.45) is 5.73 Å². The van der Waals surface area contributed by atoms with Gasteiger partial charge in [0.15, 0.2) is 0 Å². The van der Waals surface area contributed by atoms with Crippen molar-refractivity contribution in [1.29, 1.82) is 0 Å². The van der Waals surface area contributed by atoms with Crippen LogP contribution >= 0.6 is 11.3 Å². The molecule has 2 aromatic heterocycles. The third-order valence-corrected chi connectivity index (χ3v) is 5.31. The summed E-state index contributed by atoms with van der Waals surface area (Å²) in [5.41, 5.74) is 6.30. The summed E-state index contributed by atoms with van der Waals surface area (Å²) in [5.74, 6) is 0.383. The molecule has 0 spiro atoms. The summed E-state index contributed by atoms with van der Waals surface area (Å²) in [6.07, 6.45) is 2.27. The van der Waals surface area contributed by atoms with Crippen LogP contribution in [0.15, 0.2) is 41.2 Å². The minimum Gasteiger partial charge on any atom is -0.370 e. The Balaban J connectivity index is 2.04. The summed E-state index contributed by atoms with van der Waals surface area (Å²) in [6.45, 7) is 2.52. The average Bonchev–Trinajstić information content (AvgIpc) is 3.02. The van der Waals surface area contributed by atoms with Crippen LogP contribution in [-0.4, -0.2) is 15.5 Å². The Hall–Kier alpha value is -2.47. The van der Waals surface area contributed by atoms with E-state index in [2.05, 4.69) is 6.92 Å². The van der Waals surface area contributed by atoms with Crippen LogP contribution in [0.5, 0.6) is 0 Å². The van der Waals surface area contributed by atoms with E-state index in [4.69, 9.17) is 10.7 Å². The molecule has 0 unspecified atom stereocenters. The number of aromatic nitrogens is 2. The van der Waals surface area contributed by atoms with Crippen molar-refractivity contribution in [3.63, 3.8) is 0 Å². The van der Waals surface area contributed by atoms with Gasteiger partial charge in [-0.1, -0.05) is 37.3 Å². The molecule has 0 atom stereocenters. The van der Waals surface area contributed by atoms with E-state index in [-0.39, 0.29) is 17.9 Å². The number of primary amides is 1. The second-order valence-electron chi connectivity index (χ2n) is 6.00. The molecule has 0 aliphatic heterocycles. The molecule has 0 saturated heterocycles. The van der Waals surface area contributed by atoms with E-state index in [1.165, 1.54) is 0 Å². The fourth-order valence-corrected chi connectivity index (χ4v) is 3.81. The van der Waals surface area contributed by atoms with Crippen molar-refractivity contribution >= 4 is 27.5 Å². The zero-order valence-electron chi connectivity index (χ0n) is 14.2. The van der Waals surface area contributed by atoms with Gasteiger partial charge in [0, 0.05) is 24.3 Å². The highest BCUT2D eigenvalue weighted by Crippen LogP contribution is 2.23. The molecule has 1 aromatic carbocycles. The lowest BCUT2D eigenvalue weighted by Crippen LogP contribution is -2.26. The summed E-state index contributed by atoms with van der Waals surface area (Å²) < 4.78 is 1.70. The Bertz CT molecular complexity index is 944. The molecule has 1 amide bonds. The average molecular weight is 355 g/mol. The predicted molar refractivity (Wildman–Crippen MR) is 101 cm³/mol. The van der Waals surface area contributed by atoms with Crippen molar-refractivity contribution in [3.05, 3.63) is 63.0 Å². The van der Waals surface area contributed by atoms with Gasteiger partial charge in [0.05, 0.1) is 5.39 Å². The fourth-order valence-electron chi connectivity index (χ4n) is 2.84. The number of carbonyl (C=O) groups excluding carboxylic acids is 1. The molecular weight excluding hydrogens is 334 g/mol. The summed E-state index contributed by atoms with van der Waals surface area (Å²) in [7, 11) is 0. The summed E-state index contributed by atoms with van der Waals surface area (Å²) in [6, 6.07) is 11.9. The van der Waals surface area contributed by atoms with E-state index in [0.29, 0.717) is 24.8 Å². The quantitative estimate of drug-likeness (QED) is 0.708. The van der Waals surface area contributed by atoms with Crippen LogP contribution in [0.4, 0.5) is 0 Å². The van der Waals surface area contributed by atoms with Crippen LogP contribution < -0.4 is 11.3 Å². The van der Waals surface area contributed by atoms with Gasteiger partial charge in [0.2, 0.25) is 5.91 Å². The van der Waals surface area contributed by atoms with E-state index in [9.17, 15) is 9.59 Å². The highest BCUT2D eigenvalue weighted by Gasteiger charge is 2.14. The maximum atomic E-state index is 13.0. The number of carbonyl (C=O) groups is 1. The highest BCUT2D eigenvalue weighted by atomic mass is 32.1. The van der Waals surface area contributed by atoms with Crippen molar-refractivity contribution in [1.82, 2.24) is 9.55 Å². The highest BCUT2D eigenvalue weighted by molar-refractivity contribution is 7.18. The molecule has 0 aliphatic carbocycles. The Labute approximate surface area is 150 Å². The van der Waals surface area contributed by atoms with Gasteiger partial charge in [0.1, 0.15) is 10.7 Å². The molecule has 2 N–H and O–H groups in total. The number of nitrogens with zero attached hydrogens (tertiary/aromatic N) is 2. The monoisotopic (exact) mass is 355 g/mol. The van der Waals surface area contributed by atoms with E-state index in [1.54, 1.807) is 15.9 Å². The molecule has 0 saturated carbocycles. The topological polar surface area (TPSA) is 78.0 Å². The lowest BCUT2D eigenvalue weighted by Gasteiger charge is -2.12. The lowest BCUT2D eigenvalue weighted by atomic mass is 10.1. The summed E-state index contributed by atoms with van der Waals surface area (Å²) >= 11 is 1.58. The van der Waals surface area contributed by atoms with Crippen LogP contribution in [0, 0.1) is 0 Å². The van der Waals surface area contributed by atoms with Gasteiger partial charge in [-0.3, -0.25) is 14.2 Å². The molecule has 0 aliphatic rings. The third-order valence-electron chi connectivity index (χ3n) is 4.14. The molecule has 25 heavy (non-hydrogen) atoms. The Morgan fingerprint density at radius 3 is 2.72 bits per heavy atom. The maximum Gasteiger partial charge on any atom is 0.262 e. The first-order valence-electron chi connectivity index (χ1n) is 8.43. The number of benzene rings is 1. The third kappa shape index (κ3) is 3.96. The molecule has 3 rings (SSSR count). The summed E-state index contributed by atoms with van der Waals surface area (Å²) in [5, 5.41) is 0.665. The molecule has 5 nitrogen and oxygen atoms in total. The maximum absolute atomic E-state index is 13.0. The van der Waals surface area contributed by atoms with Crippen LogP contribution in [0.2, 0.25) is 0 Å². The van der Waals surface area contributed by atoms with Gasteiger partial charge in [-0.05, 0) is 24.5 Å². The smallest absolute Gasteiger partial charge is 0.262 e. The first-order chi connectivity index (χ1) is 12.1. The zero-order chi connectivity index (χ0) is 17.8. The molecule has 2 heterocycles. The van der Waals surface area contributed by atoms with E-state index in [0.717, 1.165) is 27.5 Å². The summed E-state index contributed by atoms with van der Waals surface area (Å²) in [4.78, 5) is 30.7. The number of hydrogen-bond acceptors (Lipinski definition) is 4. The predicted octanol–water partition coefficient (Wildman–Crippen LogP) is 2.88. The fraction of sp³-hybridized carbons (Fsp3) is 0.316. The number of rotatable bonds is 7. The van der Waals surface area contributed by atoms with Gasteiger partial charge >= 0.3 is 0 Å². The van der Waals surface area contributed by atoms with Crippen molar-refractivity contribution in [2.45, 2.75) is 39.2 Å². The Kier molecular flexibility index (Phi) is 5.28. The van der Waals surface area contributed by atoms with E-state index >= 15 is 0 Å². The number of fused-ring (bicyclic) bond motifs is 1. The van der Waals surface area contributed by atoms with Crippen molar-refractivity contribution < 1.29 is 4.79 Å². The lowest BCUT2D eigenvalue weighted by molar-refractivity contribution is -0.118. The van der Waals surface area contributed by atoms with Gasteiger partial charge in [-0.15, -0.1) is 11.3 Å². The van der Waals surface area contributed by atoms with Crippen molar-refractivity contribution in [2.75, 3.05) is 0 Å². The van der Waals surface area contributed by atoms with E-state index < -0.39 is 0 Å². The normalized spacial score (nSPS) is 11.1. The molecule has 3 aromatic rings. The van der Waals surface area contributed by atoms with Gasteiger partial charge in [-0.25, -0.2) is 4.98 Å². The number of aryl methyl sites for hydroxylation is 1. The SMILES string of the molecule is CCc1cc2c(=O)n(CCCC(N)=O)c(Cc3ccccc3)nc2s1. The largest absolute Gasteiger partial charge is 0.370 e. The molecule has 130 valence electrons. The molecule has 0 fully saturated rings. The minimum atomic E-state index is -0.351. The standard InChI is InChI=1S/C19H21N3O2S/c1-2-14-12-15-18(25-14)21-17(11-13-7-4-3-5-8-13)22(19(15)24)10-6-9-16(20)23/h3-5,7-8,12H,2,6,9-11H2,1H3,(H2,20,23). The second-order valence-corrected chi connectivity index (χ2v) is 7.12. The van der Waals surface area contributed by atoms with Crippen LogP contribution in [-0.2, 0) is 24.2 Å². The van der Waals surface area contributed by atoms with Crippen LogP contribution in [0.3, 0.4) is 0 Å². The molecule has 0 bridgehead atoms. The first kappa shape index (κ1) is 17.4. The van der Waals surface area contributed by atoms with Crippen molar-refractivity contribution in [3.8, 4) is 0 Å². The number of hydrogen-bond donors (Lipinski definition) is 1. The first-order valence-corrected chi connectivity index (χ1v) is 9.24. The Morgan fingerprint density at radius 2 is 2.04 bits per heavy atom. The molecule has 6 heteroatoms. The van der Waals surface area contributed by atoms with Crippen LogP contribution in [0.1, 0.15) is 36.0 Å². The Morgan fingerprint density at radius 1 is 1.28 bits per heavy atom. The van der Waals surface area contributed by atoms with E-state index in [1.807, 2.05) is 36.4 Å². The number of amides is 1. The number of thiophene rings is 1. The zero-order valence-corrected chi connectivity index (χ0v) is 15.0. The second kappa shape index (κ2) is 7.61. The van der Waals surface area contributed by atoms with Crippen LogP contribution in [0.25, 0.3) is 10.2 Å².